The normalized spacial score (nSPS) is 18.4. The molecule has 2 aliphatic rings. The van der Waals surface area contributed by atoms with Crippen LogP contribution in [0.2, 0.25) is 16.6 Å². The standard InChI is InChI=1S/C35H39F2N5O2Si/c1-20(2)45(21(3)4,22(5)6)13-12-23-8-7-9-24-14-25(36)15-28(30(23)24)32-31(37)33-29(16-38-32)34(40-19-39-33)42-26-10-11-27(42)18-41(17-26)35(43)44/h7-9,14-16,19-22,26-27H,10-11,17-18H2,1-6H3,(H,43,44). The first kappa shape index (κ1) is 30.9. The highest BCUT2D eigenvalue weighted by Gasteiger charge is 2.43. The maximum absolute atomic E-state index is 16.6. The smallest absolute Gasteiger partial charge is 0.407 e. The van der Waals surface area contributed by atoms with Gasteiger partial charge < -0.3 is 14.9 Å². The third-order valence-electron chi connectivity index (χ3n) is 10.1. The Morgan fingerprint density at radius 1 is 0.978 bits per heavy atom. The first-order chi connectivity index (χ1) is 21.4. The maximum atomic E-state index is 16.6. The number of carbonyl (C=O) groups is 1. The van der Waals surface area contributed by atoms with Gasteiger partial charge in [0.25, 0.3) is 0 Å². The van der Waals surface area contributed by atoms with Crippen molar-refractivity contribution < 1.29 is 18.7 Å². The molecule has 2 unspecified atom stereocenters. The molecule has 4 heterocycles. The van der Waals surface area contributed by atoms with Gasteiger partial charge in [-0.05, 0) is 53.1 Å². The zero-order valence-electron chi connectivity index (χ0n) is 26.6. The molecule has 0 radical (unpaired) electrons. The molecule has 1 N–H and O–H groups in total. The van der Waals surface area contributed by atoms with Gasteiger partial charge in [0.2, 0.25) is 0 Å². The van der Waals surface area contributed by atoms with Crippen LogP contribution in [0.5, 0.6) is 0 Å². The summed E-state index contributed by atoms with van der Waals surface area (Å²) in [7, 11) is -2.07. The van der Waals surface area contributed by atoms with Gasteiger partial charge in [-0.25, -0.2) is 23.5 Å². The van der Waals surface area contributed by atoms with Gasteiger partial charge in [0.1, 0.15) is 37.2 Å². The van der Waals surface area contributed by atoms with Crippen LogP contribution in [0.3, 0.4) is 0 Å². The summed E-state index contributed by atoms with van der Waals surface area (Å²) in [5, 5.41) is 11.3. The summed E-state index contributed by atoms with van der Waals surface area (Å²) in [6, 6.07) is 8.25. The topological polar surface area (TPSA) is 82.5 Å². The van der Waals surface area contributed by atoms with Crippen molar-refractivity contribution in [2.45, 2.75) is 83.1 Å². The number of aromatic nitrogens is 3. The van der Waals surface area contributed by atoms with E-state index in [4.69, 9.17) is 0 Å². The molecule has 7 nitrogen and oxygen atoms in total. The molecule has 2 fully saturated rings. The minimum atomic E-state index is -2.07. The van der Waals surface area contributed by atoms with Crippen LogP contribution in [0.1, 0.15) is 59.9 Å². The zero-order valence-corrected chi connectivity index (χ0v) is 27.6. The molecule has 2 bridgehead atoms. The van der Waals surface area contributed by atoms with E-state index in [0.29, 0.717) is 57.3 Å². The first-order valence-electron chi connectivity index (χ1n) is 15.7. The Morgan fingerprint density at radius 3 is 2.27 bits per heavy atom. The van der Waals surface area contributed by atoms with Crippen LogP contribution < -0.4 is 4.90 Å². The molecule has 2 aliphatic heterocycles. The molecule has 10 heteroatoms. The highest BCUT2D eigenvalue weighted by atomic mass is 28.3. The van der Waals surface area contributed by atoms with Gasteiger partial charge >= 0.3 is 6.09 Å². The van der Waals surface area contributed by atoms with Crippen molar-refractivity contribution in [3.05, 3.63) is 60.1 Å². The highest BCUT2D eigenvalue weighted by molar-refractivity contribution is 6.90. The van der Waals surface area contributed by atoms with Crippen LogP contribution in [0.15, 0.2) is 42.9 Å². The largest absolute Gasteiger partial charge is 0.465 e. The van der Waals surface area contributed by atoms with E-state index in [0.717, 1.165) is 18.4 Å². The van der Waals surface area contributed by atoms with Gasteiger partial charge in [0.15, 0.2) is 5.82 Å². The maximum Gasteiger partial charge on any atom is 0.407 e. The predicted molar refractivity (Wildman–Crippen MR) is 177 cm³/mol. The molecule has 6 rings (SSSR count). The number of fused-ring (bicyclic) bond motifs is 4. The lowest BCUT2D eigenvalue weighted by Gasteiger charge is -2.40. The van der Waals surface area contributed by atoms with Gasteiger partial charge in [0, 0.05) is 47.9 Å². The van der Waals surface area contributed by atoms with Crippen LogP contribution >= 0.6 is 0 Å². The molecule has 45 heavy (non-hydrogen) atoms. The lowest BCUT2D eigenvalue weighted by atomic mass is 9.96. The number of hydrogen-bond acceptors (Lipinski definition) is 5. The average Bonchev–Trinajstić information content (AvgIpc) is 3.24. The predicted octanol–water partition coefficient (Wildman–Crippen LogP) is 8.02. The average molecular weight is 628 g/mol. The number of carboxylic acid groups (broad SMARTS) is 1. The number of hydrogen-bond donors (Lipinski definition) is 1. The molecule has 0 saturated carbocycles. The fourth-order valence-corrected chi connectivity index (χ4v) is 13.3. The summed E-state index contributed by atoms with van der Waals surface area (Å²) >= 11 is 0. The second-order valence-electron chi connectivity index (χ2n) is 13.4. The van der Waals surface area contributed by atoms with E-state index in [1.54, 1.807) is 6.20 Å². The van der Waals surface area contributed by atoms with E-state index in [9.17, 15) is 9.90 Å². The number of pyridine rings is 1. The van der Waals surface area contributed by atoms with Crippen molar-refractivity contribution in [2.75, 3.05) is 18.0 Å². The van der Waals surface area contributed by atoms with Gasteiger partial charge in [-0.3, -0.25) is 4.98 Å². The number of halogens is 2. The zero-order chi connectivity index (χ0) is 32.2. The minimum Gasteiger partial charge on any atom is -0.465 e. The molecule has 4 aromatic rings. The molecule has 0 aliphatic carbocycles. The summed E-state index contributed by atoms with van der Waals surface area (Å²) < 4.78 is 31.6. The quantitative estimate of drug-likeness (QED) is 0.178. The molecule has 2 aromatic heterocycles. The van der Waals surface area contributed by atoms with Crippen LogP contribution in [0.25, 0.3) is 32.9 Å². The third kappa shape index (κ3) is 5.11. The number of amides is 1. The van der Waals surface area contributed by atoms with E-state index >= 15 is 8.78 Å². The molecular weight excluding hydrogens is 589 g/mol. The lowest BCUT2D eigenvalue weighted by molar-refractivity contribution is 0.133. The lowest BCUT2D eigenvalue weighted by Crippen LogP contribution is -2.55. The van der Waals surface area contributed by atoms with E-state index in [1.165, 1.54) is 23.4 Å². The first-order valence-corrected chi connectivity index (χ1v) is 18.0. The number of nitrogens with zero attached hydrogens (tertiary/aromatic N) is 5. The fraction of sp³-hybridized carbons (Fsp3) is 0.429. The van der Waals surface area contributed by atoms with Gasteiger partial charge in [-0.1, -0.05) is 59.6 Å². The number of anilines is 1. The second-order valence-corrected chi connectivity index (χ2v) is 18.9. The Morgan fingerprint density at radius 2 is 1.64 bits per heavy atom. The van der Waals surface area contributed by atoms with Crippen molar-refractivity contribution in [3.63, 3.8) is 0 Å². The third-order valence-corrected chi connectivity index (χ3v) is 16.4. The van der Waals surface area contributed by atoms with Crippen molar-refractivity contribution in [3.8, 4) is 22.7 Å². The summed E-state index contributed by atoms with van der Waals surface area (Å²) in [6.45, 7) is 14.3. The van der Waals surface area contributed by atoms with E-state index in [1.807, 2.05) is 18.2 Å². The molecule has 2 atom stereocenters. The second kappa shape index (κ2) is 11.7. The van der Waals surface area contributed by atoms with Gasteiger partial charge in [-0.2, -0.15) is 0 Å². The summed E-state index contributed by atoms with van der Waals surface area (Å²) in [5.41, 5.74) is 6.22. The van der Waals surface area contributed by atoms with Crippen molar-refractivity contribution >= 4 is 41.7 Å². The van der Waals surface area contributed by atoms with Gasteiger partial charge in [0.05, 0.1) is 5.39 Å². The monoisotopic (exact) mass is 627 g/mol. The molecule has 2 aromatic carbocycles. The van der Waals surface area contributed by atoms with Crippen LogP contribution in [0, 0.1) is 23.1 Å². The van der Waals surface area contributed by atoms with Crippen molar-refractivity contribution in [1.82, 2.24) is 19.9 Å². The van der Waals surface area contributed by atoms with E-state index in [2.05, 4.69) is 72.9 Å². The summed E-state index contributed by atoms with van der Waals surface area (Å²) in [4.78, 5) is 28.6. The summed E-state index contributed by atoms with van der Waals surface area (Å²) in [5.74, 6) is 2.90. The highest BCUT2D eigenvalue weighted by Crippen LogP contribution is 2.42. The van der Waals surface area contributed by atoms with E-state index in [-0.39, 0.29) is 23.3 Å². The Labute approximate surface area is 263 Å². The summed E-state index contributed by atoms with van der Waals surface area (Å²) in [6.07, 6.45) is 3.60. The number of rotatable bonds is 5. The Bertz CT molecular complexity index is 1830. The van der Waals surface area contributed by atoms with Crippen molar-refractivity contribution in [1.29, 1.82) is 0 Å². The van der Waals surface area contributed by atoms with Crippen molar-refractivity contribution in [2.24, 2.45) is 0 Å². The van der Waals surface area contributed by atoms with Crippen LogP contribution in [-0.2, 0) is 0 Å². The molecule has 0 spiro atoms. The number of benzene rings is 2. The SMILES string of the molecule is CC(C)[Si](C#Cc1cccc2cc(F)cc(-c3ncc4c(N5C6CCC5CN(C(=O)O)C6)ncnc4c3F)c12)(C(C)C)C(C)C. The van der Waals surface area contributed by atoms with Gasteiger partial charge in [-0.15, -0.1) is 5.54 Å². The fourth-order valence-electron chi connectivity index (χ4n) is 8.07. The van der Waals surface area contributed by atoms with Crippen LogP contribution in [-0.4, -0.2) is 64.3 Å². The van der Waals surface area contributed by atoms with Crippen LogP contribution in [0.4, 0.5) is 19.4 Å². The molecule has 2 saturated heterocycles. The Kier molecular flexibility index (Phi) is 8.02. The molecular formula is C35H39F2N5O2Si. The minimum absolute atomic E-state index is 0.00431. The number of piperazine rings is 1. The molecule has 234 valence electrons. The number of likely N-dealkylation sites (tertiary alicyclic amines) is 1. The Balaban J connectivity index is 1.50. The Hall–Kier alpha value is -4.10. The van der Waals surface area contributed by atoms with E-state index < -0.39 is 25.8 Å². The molecule has 1 amide bonds.